The summed E-state index contributed by atoms with van der Waals surface area (Å²) in [4.78, 5) is 4.66. The van der Waals surface area contributed by atoms with E-state index in [9.17, 15) is 0 Å². The van der Waals surface area contributed by atoms with Gasteiger partial charge in [-0.05, 0) is 37.0 Å². The van der Waals surface area contributed by atoms with Crippen LogP contribution in [0.2, 0.25) is 0 Å². The zero-order chi connectivity index (χ0) is 12.5. The van der Waals surface area contributed by atoms with Crippen LogP contribution in [-0.4, -0.2) is 4.98 Å². The Kier molecular flexibility index (Phi) is 2.98. The molecule has 2 N–H and O–H groups in total. The fraction of sp³-hybridized carbons (Fsp3) is 0.533. The summed E-state index contributed by atoms with van der Waals surface area (Å²) in [5, 5.41) is 0. The highest BCUT2D eigenvalue weighted by atomic mass is 16.3. The Morgan fingerprint density at radius 1 is 1.28 bits per heavy atom. The Morgan fingerprint density at radius 2 is 2.06 bits per heavy atom. The molecule has 1 saturated carbocycles. The molecule has 3 heteroatoms. The van der Waals surface area contributed by atoms with Crippen molar-refractivity contribution >= 4 is 16.8 Å². The van der Waals surface area contributed by atoms with Crippen molar-refractivity contribution < 1.29 is 4.42 Å². The Hall–Kier alpha value is -1.51. The fourth-order valence-electron chi connectivity index (χ4n) is 2.93. The van der Waals surface area contributed by atoms with Gasteiger partial charge in [0.25, 0.3) is 0 Å². The van der Waals surface area contributed by atoms with Gasteiger partial charge in [-0.15, -0.1) is 0 Å². The third kappa shape index (κ3) is 1.98. The Bertz CT molecular complexity index is 553. The number of benzene rings is 1. The summed E-state index contributed by atoms with van der Waals surface area (Å²) >= 11 is 0. The number of aryl methyl sites for hydroxylation is 1. The number of rotatable bonds is 2. The summed E-state index contributed by atoms with van der Waals surface area (Å²) in [6.45, 7) is 2.12. The number of aromatic nitrogens is 1. The zero-order valence-corrected chi connectivity index (χ0v) is 10.9. The summed E-state index contributed by atoms with van der Waals surface area (Å²) < 4.78 is 6.02. The van der Waals surface area contributed by atoms with Gasteiger partial charge in [-0.25, -0.2) is 4.98 Å². The van der Waals surface area contributed by atoms with Crippen LogP contribution in [0.1, 0.15) is 56.4 Å². The maximum atomic E-state index is 6.02. The first-order valence-corrected chi connectivity index (χ1v) is 6.96. The number of nitrogens with two attached hydrogens (primary N) is 1. The largest absolute Gasteiger partial charge is 0.440 e. The minimum Gasteiger partial charge on any atom is -0.440 e. The predicted molar refractivity (Wildman–Crippen MR) is 73.6 cm³/mol. The van der Waals surface area contributed by atoms with Crippen molar-refractivity contribution in [3.05, 3.63) is 23.6 Å². The van der Waals surface area contributed by atoms with Gasteiger partial charge in [0.2, 0.25) is 0 Å². The van der Waals surface area contributed by atoms with Gasteiger partial charge < -0.3 is 10.2 Å². The van der Waals surface area contributed by atoms with Crippen LogP contribution < -0.4 is 5.73 Å². The number of hydrogen-bond donors (Lipinski definition) is 1. The fourth-order valence-corrected chi connectivity index (χ4v) is 2.93. The summed E-state index contributed by atoms with van der Waals surface area (Å²) in [5.74, 6) is 1.43. The lowest BCUT2D eigenvalue weighted by Gasteiger charge is -2.17. The summed E-state index contributed by atoms with van der Waals surface area (Å²) in [7, 11) is 0. The number of nitrogens with zero attached hydrogens (tertiary/aromatic N) is 1. The molecule has 1 aromatic carbocycles. The quantitative estimate of drug-likeness (QED) is 0.812. The Labute approximate surface area is 107 Å². The summed E-state index contributed by atoms with van der Waals surface area (Å²) in [6, 6.07) is 3.92. The molecule has 1 heterocycles. The van der Waals surface area contributed by atoms with Gasteiger partial charge in [0, 0.05) is 11.6 Å². The molecule has 0 radical (unpaired) electrons. The molecule has 2 aromatic rings. The molecular formula is C15H20N2O. The lowest BCUT2D eigenvalue weighted by Crippen LogP contribution is -2.04. The zero-order valence-electron chi connectivity index (χ0n) is 10.9. The van der Waals surface area contributed by atoms with Crippen molar-refractivity contribution in [2.75, 3.05) is 5.73 Å². The van der Waals surface area contributed by atoms with Gasteiger partial charge in [-0.2, -0.15) is 0 Å². The van der Waals surface area contributed by atoms with E-state index < -0.39 is 0 Å². The molecule has 3 rings (SSSR count). The van der Waals surface area contributed by atoms with Crippen molar-refractivity contribution in [1.29, 1.82) is 0 Å². The SMILES string of the molecule is CCc1cc(N)cc2nc(C3CCCCC3)oc12. The van der Waals surface area contributed by atoms with Gasteiger partial charge in [-0.3, -0.25) is 0 Å². The normalized spacial score (nSPS) is 17.4. The third-order valence-corrected chi connectivity index (χ3v) is 3.94. The first kappa shape index (κ1) is 11.6. The molecule has 3 nitrogen and oxygen atoms in total. The number of hydrogen-bond acceptors (Lipinski definition) is 3. The number of oxazole rings is 1. The highest BCUT2D eigenvalue weighted by molar-refractivity contribution is 5.80. The van der Waals surface area contributed by atoms with E-state index in [0.29, 0.717) is 5.92 Å². The molecule has 1 aliphatic rings. The lowest BCUT2D eigenvalue weighted by molar-refractivity contribution is 0.373. The topological polar surface area (TPSA) is 52.0 Å². The third-order valence-electron chi connectivity index (χ3n) is 3.94. The first-order chi connectivity index (χ1) is 8.78. The molecule has 0 unspecified atom stereocenters. The van der Waals surface area contributed by atoms with E-state index in [1.54, 1.807) is 0 Å². The van der Waals surface area contributed by atoms with Crippen LogP contribution in [0.15, 0.2) is 16.5 Å². The average molecular weight is 244 g/mol. The maximum absolute atomic E-state index is 6.02. The monoisotopic (exact) mass is 244 g/mol. The molecular weight excluding hydrogens is 224 g/mol. The van der Waals surface area contributed by atoms with Gasteiger partial charge in [0.15, 0.2) is 11.5 Å². The van der Waals surface area contributed by atoms with Crippen molar-refractivity contribution in [2.45, 2.75) is 51.4 Å². The van der Waals surface area contributed by atoms with Crippen LogP contribution in [0.5, 0.6) is 0 Å². The van der Waals surface area contributed by atoms with Crippen molar-refractivity contribution in [1.82, 2.24) is 4.98 Å². The lowest BCUT2D eigenvalue weighted by atomic mass is 9.89. The van der Waals surface area contributed by atoms with Crippen LogP contribution >= 0.6 is 0 Å². The highest BCUT2D eigenvalue weighted by Gasteiger charge is 2.21. The summed E-state index contributed by atoms with van der Waals surface area (Å²) in [5.41, 5.74) is 9.71. The molecule has 0 saturated heterocycles. The van der Waals surface area contributed by atoms with E-state index in [2.05, 4.69) is 11.9 Å². The van der Waals surface area contributed by atoms with E-state index in [1.165, 1.54) is 37.7 Å². The standard InChI is InChI=1S/C15H20N2O/c1-2-10-8-12(16)9-13-14(10)18-15(17-13)11-6-4-3-5-7-11/h8-9,11H,2-7,16H2,1H3. The molecule has 0 atom stereocenters. The minimum absolute atomic E-state index is 0.511. The van der Waals surface area contributed by atoms with E-state index in [-0.39, 0.29) is 0 Å². The van der Waals surface area contributed by atoms with Crippen LogP contribution in [0.25, 0.3) is 11.1 Å². The number of nitrogen functional groups attached to an aromatic ring is 1. The van der Waals surface area contributed by atoms with Crippen molar-refractivity contribution in [3.8, 4) is 0 Å². The maximum Gasteiger partial charge on any atom is 0.198 e. The highest BCUT2D eigenvalue weighted by Crippen LogP contribution is 2.35. The van der Waals surface area contributed by atoms with Gasteiger partial charge in [0.1, 0.15) is 5.52 Å². The number of fused-ring (bicyclic) bond motifs is 1. The molecule has 0 spiro atoms. The van der Waals surface area contributed by atoms with Crippen molar-refractivity contribution in [3.63, 3.8) is 0 Å². The van der Waals surface area contributed by atoms with E-state index in [1.807, 2.05) is 12.1 Å². The van der Waals surface area contributed by atoms with Gasteiger partial charge in [-0.1, -0.05) is 26.2 Å². The first-order valence-electron chi connectivity index (χ1n) is 6.96. The molecule has 96 valence electrons. The van der Waals surface area contributed by atoms with E-state index in [4.69, 9.17) is 10.2 Å². The molecule has 0 bridgehead atoms. The summed E-state index contributed by atoms with van der Waals surface area (Å²) in [6.07, 6.45) is 7.30. The molecule has 1 aromatic heterocycles. The second kappa shape index (κ2) is 4.63. The minimum atomic E-state index is 0.511. The second-order valence-electron chi connectivity index (χ2n) is 5.27. The molecule has 0 aliphatic heterocycles. The molecule has 1 fully saturated rings. The Balaban J connectivity index is 2.04. The Morgan fingerprint density at radius 3 is 2.78 bits per heavy atom. The predicted octanol–water partition coefficient (Wildman–Crippen LogP) is 4.02. The van der Waals surface area contributed by atoms with Crippen molar-refractivity contribution in [2.24, 2.45) is 0 Å². The molecule has 1 aliphatic carbocycles. The molecule has 18 heavy (non-hydrogen) atoms. The van der Waals surface area contributed by atoms with Crippen LogP contribution in [-0.2, 0) is 6.42 Å². The average Bonchev–Trinajstić information content (AvgIpc) is 2.82. The van der Waals surface area contributed by atoms with E-state index >= 15 is 0 Å². The van der Waals surface area contributed by atoms with Crippen LogP contribution in [0.4, 0.5) is 5.69 Å². The number of anilines is 1. The van der Waals surface area contributed by atoms with Gasteiger partial charge in [0.05, 0.1) is 0 Å². The second-order valence-corrected chi connectivity index (χ2v) is 5.27. The van der Waals surface area contributed by atoms with Crippen LogP contribution in [0, 0.1) is 0 Å². The van der Waals surface area contributed by atoms with Gasteiger partial charge >= 0.3 is 0 Å². The smallest absolute Gasteiger partial charge is 0.198 e. The van der Waals surface area contributed by atoms with E-state index in [0.717, 1.165) is 29.1 Å². The van der Waals surface area contributed by atoms with Crippen LogP contribution in [0.3, 0.4) is 0 Å². The molecule has 0 amide bonds.